The van der Waals surface area contributed by atoms with Crippen molar-refractivity contribution < 1.29 is 65.8 Å². The molecular weight excluding hydrogens is 676 g/mol. The van der Waals surface area contributed by atoms with E-state index in [0.29, 0.717) is 0 Å². The fourth-order valence-corrected chi connectivity index (χ4v) is 2.39. The van der Waals surface area contributed by atoms with E-state index in [0.717, 1.165) is 0 Å². The number of pyridine rings is 4. The SMILES string of the molecule is Nc1cnc(C(=O)O)cc1N.Nc1cnc(C(=O)O)cc1N.Nc1cnc(C(=O)O)cc1N.Nc1cnc(C(=O)O)cc1N.[Zr]. The third kappa shape index (κ3) is 12.7. The first-order valence-electron chi connectivity index (χ1n) is 11.4. The Bertz CT molecular complexity index is 1440. The van der Waals surface area contributed by atoms with E-state index < -0.39 is 23.9 Å². The number of carboxylic acid groups (broad SMARTS) is 4. The molecule has 0 radical (unpaired) electrons. The average Bonchev–Trinajstić information content (AvgIpc) is 2.95. The standard InChI is InChI=1S/4C6H7N3O2.Zr/c4*7-3-1-5(6(10)11)9-2-4(3)8;/h4*1-2H,8H2,(H2,7,9)(H,10,11);. The molecule has 0 fully saturated rings. The van der Waals surface area contributed by atoms with Crippen molar-refractivity contribution in [3.8, 4) is 0 Å². The third-order valence-corrected chi connectivity index (χ3v) is 4.75. The predicted octanol–water partition coefficient (Wildman–Crippen LogP) is -0.226. The molecule has 0 saturated heterocycles. The van der Waals surface area contributed by atoms with Crippen LogP contribution in [0.3, 0.4) is 0 Å². The van der Waals surface area contributed by atoms with Crippen molar-refractivity contribution in [2.45, 2.75) is 0 Å². The number of nitrogens with two attached hydrogens (primary N) is 8. The molecule has 236 valence electrons. The van der Waals surface area contributed by atoms with Crippen LogP contribution in [0.4, 0.5) is 45.5 Å². The minimum absolute atomic E-state index is 0. The smallest absolute Gasteiger partial charge is 0.354 e. The quantitative estimate of drug-likeness (QED) is 0.130. The first-order valence-corrected chi connectivity index (χ1v) is 11.4. The Morgan fingerprint density at radius 2 is 0.533 bits per heavy atom. The van der Waals surface area contributed by atoms with Crippen molar-refractivity contribution >= 4 is 69.4 Å². The first-order chi connectivity index (χ1) is 20.4. The summed E-state index contributed by atoms with van der Waals surface area (Å²) in [5.74, 6) is -4.46. The Morgan fingerprint density at radius 3 is 0.644 bits per heavy atom. The van der Waals surface area contributed by atoms with Crippen molar-refractivity contribution in [2.24, 2.45) is 0 Å². The molecule has 45 heavy (non-hydrogen) atoms. The summed E-state index contributed by atoms with van der Waals surface area (Å²) in [6, 6.07) is 4.88. The van der Waals surface area contributed by atoms with Crippen LogP contribution < -0.4 is 45.9 Å². The van der Waals surface area contributed by atoms with Crippen LogP contribution in [0.1, 0.15) is 42.0 Å². The molecule has 20 N–H and O–H groups in total. The maximum Gasteiger partial charge on any atom is 0.354 e. The van der Waals surface area contributed by atoms with E-state index in [9.17, 15) is 19.2 Å². The maximum absolute atomic E-state index is 10.3. The summed E-state index contributed by atoms with van der Waals surface area (Å²) < 4.78 is 0. The number of nitrogen functional groups attached to an aromatic ring is 8. The summed E-state index contributed by atoms with van der Waals surface area (Å²) in [7, 11) is 0. The van der Waals surface area contributed by atoms with E-state index in [1.807, 2.05) is 0 Å². The van der Waals surface area contributed by atoms with E-state index in [1.54, 1.807) is 0 Å². The van der Waals surface area contributed by atoms with Crippen molar-refractivity contribution in [3.05, 3.63) is 71.8 Å². The van der Waals surface area contributed by atoms with E-state index in [4.69, 9.17) is 66.3 Å². The van der Waals surface area contributed by atoms with Gasteiger partial charge >= 0.3 is 23.9 Å². The van der Waals surface area contributed by atoms with Gasteiger partial charge in [-0.15, -0.1) is 0 Å². The van der Waals surface area contributed by atoms with Crippen LogP contribution in [-0.4, -0.2) is 64.2 Å². The Kier molecular flexibility index (Phi) is 15.2. The van der Waals surface area contributed by atoms with Gasteiger partial charge in [-0.2, -0.15) is 0 Å². The zero-order valence-corrected chi connectivity index (χ0v) is 25.4. The second-order valence-corrected chi connectivity index (χ2v) is 8.01. The molecule has 4 heterocycles. The van der Waals surface area contributed by atoms with Gasteiger partial charge in [0.15, 0.2) is 0 Å². The van der Waals surface area contributed by atoms with E-state index >= 15 is 0 Å². The van der Waals surface area contributed by atoms with Crippen molar-refractivity contribution in [2.75, 3.05) is 45.9 Å². The summed E-state index contributed by atoms with van der Waals surface area (Å²) in [6.07, 6.45) is 4.88. The molecule has 0 amide bonds. The van der Waals surface area contributed by atoms with Gasteiger partial charge < -0.3 is 66.3 Å². The number of nitrogens with zero attached hydrogens (tertiary/aromatic N) is 4. The number of anilines is 8. The molecule has 0 aliphatic rings. The van der Waals surface area contributed by atoms with E-state index in [2.05, 4.69) is 19.9 Å². The van der Waals surface area contributed by atoms with Gasteiger partial charge in [-0.05, 0) is 24.3 Å². The molecule has 21 heteroatoms. The zero-order chi connectivity index (χ0) is 33.7. The van der Waals surface area contributed by atoms with Gasteiger partial charge in [-0.25, -0.2) is 39.1 Å². The molecule has 4 aromatic heterocycles. The summed E-state index contributed by atoms with van der Waals surface area (Å²) >= 11 is 0. The van der Waals surface area contributed by atoms with Crippen molar-refractivity contribution in [1.82, 2.24) is 19.9 Å². The molecule has 0 spiro atoms. The number of aromatic carboxylic acids is 4. The number of aromatic nitrogens is 4. The van der Waals surface area contributed by atoms with Crippen LogP contribution in [0.25, 0.3) is 0 Å². The average molecular weight is 704 g/mol. The Morgan fingerprint density at radius 1 is 0.378 bits per heavy atom. The molecule has 0 aliphatic carbocycles. The summed E-state index contributed by atoms with van der Waals surface area (Å²) in [6.45, 7) is 0. The van der Waals surface area contributed by atoms with Crippen molar-refractivity contribution in [1.29, 1.82) is 0 Å². The molecular formula is C24H28N12O8Zr. The Hall–Kier alpha value is -6.24. The van der Waals surface area contributed by atoms with Gasteiger partial charge in [-0.3, -0.25) is 0 Å². The largest absolute Gasteiger partial charge is 0.477 e. The Labute approximate surface area is 272 Å². The van der Waals surface area contributed by atoms with Crippen LogP contribution in [0.5, 0.6) is 0 Å². The Balaban J connectivity index is 0.000000569. The minimum atomic E-state index is -1.11. The second kappa shape index (κ2) is 17.7. The molecule has 0 aliphatic heterocycles. The minimum Gasteiger partial charge on any atom is -0.477 e. The number of rotatable bonds is 4. The monoisotopic (exact) mass is 702 g/mol. The maximum atomic E-state index is 10.3. The molecule has 4 rings (SSSR count). The van der Waals surface area contributed by atoms with Gasteiger partial charge in [0.05, 0.1) is 70.3 Å². The molecule has 0 saturated carbocycles. The molecule has 4 aromatic rings. The van der Waals surface area contributed by atoms with Crippen LogP contribution in [0.15, 0.2) is 49.1 Å². The molecule has 0 unspecified atom stereocenters. The van der Waals surface area contributed by atoms with E-state index in [1.165, 1.54) is 49.1 Å². The predicted molar refractivity (Wildman–Crippen MR) is 160 cm³/mol. The molecule has 0 bridgehead atoms. The fraction of sp³-hybridized carbons (Fsp3) is 0. The summed E-state index contributed by atoms with van der Waals surface area (Å²) in [5.41, 5.74) is 44.2. The van der Waals surface area contributed by atoms with Crippen molar-refractivity contribution in [3.63, 3.8) is 0 Å². The van der Waals surface area contributed by atoms with Gasteiger partial charge in [0.1, 0.15) is 22.8 Å². The number of hydrogen-bond donors (Lipinski definition) is 12. The normalized spacial score (nSPS) is 9.24. The molecule has 0 atom stereocenters. The first kappa shape index (κ1) is 38.8. The summed E-state index contributed by atoms with van der Waals surface area (Å²) in [5, 5.41) is 33.8. The second-order valence-electron chi connectivity index (χ2n) is 8.01. The third-order valence-electron chi connectivity index (χ3n) is 4.75. The van der Waals surface area contributed by atoms with Gasteiger partial charge in [-0.1, -0.05) is 0 Å². The number of carbonyl (C=O) groups is 4. The number of carboxylic acids is 4. The summed E-state index contributed by atoms with van der Waals surface area (Å²) in [4.78, 5) is 55.4. The van der Waals surface area contributed by atoms with Crippen LogP contribution >= 0.6 is 0 Å². The van der Waals surface area contributed by atoms with Crippen LogP contribution in [0, 0.1) is 0 Å². The van der Waals surface area contributed by atoms with Crippen LogP contribution in [0.2, 0.25) is 0 Å². The van der Waals surface area contributed by atoms with E-state index in [-0.39, 0.29) is 94.5 Å². The van der Waals surface area contributed by atoms with Crippen LogP contribution in [-0.2, 0) is 26.2 Å². The number of hydrogen-bond acceptors (Lipinski definition) is 16. The zero-order valence-electron chi connectivity index (χ0n) is 22.9. The molecule has 0 aromatic carbocycles. The fourth-order valence-electron chi connectivity index (χ4n) is 2.39. The topological polar surface area (TPSA) is 409 Å². The van der Waals surface area contributed by atoms with Gasteiger partial charge in [0.2, 0.25) is 0 Å². The van der Waals surface area contributed by atoms with Gasteiger partial charge in [0.25, 0.3) is 0 Å². The molecule has 20 nitrogen and oxygen atoms in total. The van der Waals surface area contributed by atoms with Gasteiger partial charge in [0, 0.05) is 26.2 Å².